The first-order valence-corrected chi connectivity index (χ1v) is 9.95. The highest BCUT2D eigenvalue weighted by molar-refractivity contribution is 6.11. The molecule has 0 radical (unpaired) electrons. The molecule has 4 aromatic carbocycles. The fourth-order valence-corrected chi connectivity index (χ4v) is 4.12. The van der Waals surface area contributed by atoms with Crippen molar-refractivity contribution >= 4 is 44.7 Å². The zero-order chi connectivity index (χ0) is 20.5. The Morgan fingerprint density at radius 3 is 1.53 bits per heavy atom. The molecule has 0 spiro atoms. The van der Waals surface area contributed by atoms with Crippen LogP contribution in [0.2, 0.25) is 0 Å². The summed E-state index contributed by atoms with van der Waals surface area (Å²) in [5.41, 5.74) is 17.7. The molecule has 0 bridgehead atoms. The number of aromatic nitrogens is 1. The van der Waals surface area contributed by atoms with Gasteiger partial charge in [-0.1, -0.05) is 66.7 Å². The monoisotopic (exact) mass is 388 g/mol. The Morgan fingerprint density at radius 2 is 1.03 bits per heavy atom. The van der Waals surface area contributed by atoms with Gasteiger partial charge in [-0.2, -0.15) is 4.57 Å². The SMILES string of the molecule is Nc1cccc2cccc(C(=C[n+]3ccccc3)c3cccc4cccc(N)c34)c12. The maximum absolute atomic E-state index is 6.45. The Labute approximate surface area is 175 Å². The lowest BCUT2D eigenvalue weighted by Gasteiger charge is -2.15. The average Bonchev–Trinajstić information content (AvgIpc) is 2.78. The Hall–Kier alpha value is -4.11. The summed E-state index contributed by atoms with van der Waals surface area (Å²) in [6.45, 7) is 0. The molecule has 3 heteroatoms. The van der Waals surface area contributed by atoms with E-state index in [-0.39, 0.29) is 0 Å². The number of nitrogens with zero attached hydrogens (tertiary/aromatic N) is 1. The summed E-state index contributed by atoms with van der Waals surface area (Å²) in [4.78, 5) is 0. The molecule has 0 aliphatic heterocycles. The molecular formula is C27H22N3+. The third-order valence-electron chi connectivity index (χ3n) is 5.47. The first-order chi connectivity index (χ1) is 14.7. The van der Waals surface area contributed by atoms with E-state index in [9.17, 15) is 0 Å². The summed E-state index contributed by atoms with van der Waals surface area (Å²) in [5, 5.41) is 4.33. The molecule has 4 N–H and O–H groups in total. The van der Waals surface area contributed by atoms with Crippen molar-refractivity contribution in [3.63, 3.8) is 0 Å². The van der Waals surface area contributed by atoms with E-state index in [1.54, 1.807) is 0 Å². The fraction of sp³-hybridized carbons (Fsp3) is 0. The van der Waals surface area contributed by atoms with Gasteiger partial charge in [-0.05, 0) is 34.0 Å². The van der Waals surface area contributed by atoms with Gasteiger partial charge >= 0.3 is 0 Å². The predicted molar refractivity (Wildman–Crippen MR) is 127 cm³/mol. The summed E-state index contributed by atoms with van der Waals surface area (Å²) >= 11 is 0. The number of nitrogen functional groups attached to an aromatic ring is 2. The number of pyridine rings is 1. The van der Waals surface area contributed by atoms with Crippen LogP contribution in [0.3, 0.4) is 0 Å². The summed E-state index contributed by atoms with van der Waals surface area (Å²) < 4.78 is 2.06. The van der Waals surface area contributed by atoms with E-state index >= 15 is 0 Å². The molecule has 144 valence electrons. The topological polar surface area (TPSA) is 55.9 Å². The van der Waals surface area contributed by atoms with Crippen molar-refractivity contribution in [3.05, 3.63) is 115 Å². The van der Waals surface area contributed by atoms with Gasteiger partial charge in [0.15, 0.2) is 18.6 Å². The molecule has 1 aromatic heterocycles. The molecule has 0 aliphatic carbocycles. The van der Waals surface area contributed by atoms with E-state index in [1.165, 1.54) is 0 Å². The van der Waals surface area contributed by atoms with E-state index in [2.05, 4.69) is 59.3 Å². The van der Waals surface area contributed by atoms with Gasteiger partial charge in [0, 0.05) is 34.3 Å². The van der Waals surface area contributed by atoms with Crippen LogP contribution in [0.5, 0.6) is 0 Å². The average molecular weight is 388 g/mol. The Bertz CT molecular complexity index is 1300. The van der Waals surface area contributed by atoms with E-state index < -0.39 is 0 Å². The molecule has 0 fully saturated rings. The molecule has 30 heavy (non-hydrogen) atoms. The maximum atomic E-state index is 6.45. The molecule has 0 unspecified atom stereocenters. The number of nitrogens with two attached hydrogens (primary N) is 2. The molecule has 0 atom stereocenters. The van der Waals surface area contributed by atoms with Crippen molar-refractivity contribution in [2.24, 2.45) is 0 Å². The first-order valence-electron chi connectivity index (χ1n) is 9.95. The molecule has 5 aromatic rings. The number of anilines is 2. The van der Waals surface area contributed by atoms with E-state index in [1.807, 2.05) is 54.9 Å². The van der Waals surface area contributed by atoms with E-state index in [4.69, 9.17) is 11.5 Å². The summed E-state index contributed by atoms with van der Waals surface area (Å²) in [5.74, 6) is 0. The van der Waals surface area contributed by atoms with Crippen LogP contribution in [0, 0.1) is 0 Å². The maximum Gasteiger partial charge on any atom is 0.182 e. The first kappa shape index (κ1) is 18.0. The van der Waals surface area contributed by atoms with Gasteiger partial charge in [-0.15, -0.1) is 0 Å². The van der Waals surface area contributed by atoms with E-state index in [0.717, 1.165) is 49.6 Å². The van der Waals surface area contributed by atoms with Gasteiger partial charge in [-0.25, -0.2) is 0 Å². The van der Waals surface area contributed by atoms with Gasteiger partial charge in [0.25, 0.3) is 0 Å². The number of rotatable bonds is 3. The van der Waals surface area contributed by atoms with Crippen LogP contribution in [0.15, 0.2) is 103 Å². The highest BCUT2D eigenvalue weighted by Gasteiger charge is 2.17. The van der Waals surface area contributed by atoms with Crippen molar-refractivity contribution in [1.29, 1.82) is 0 Å². The van der Waals surface area contributed by atoms with Gasteiger partial charge in [-0.3, -0.25) is 0 Å². The lowest BCUT2D eigenvalue weighted by Crippen LogP contribution is -2.24. The normalized spacial score (nSPS) is 10.9. The second kappa shape index (κ2) is 7.37. The molecule has 0 saturated heterocycles. The molecule has 0 amide bonds. The molecule has 5 rings (SSSR count). The van der Waals surface area contributed by atoms with Crippen LogP contribution in [-0.2, 0) is 0 Å². The van der Waals surface area contributed by atoms with Gasteiger partial charge < -0.3 is 11.5 Å². The fourth-order valence-electron chi connectivity index (χ4n) is 4.12. The Balaban J connectivity index is 1.90. The lowest BCUT2D eigenvalue weighted by molar-refractivity contribution is -0.567. The Morgan fingerprint density at radius 1 is 0.567 bits per heavy atom. The second-order valence-electron chi connectivity index (χ2n) is 7.37. The molecule has 1 heterocycles. The number of hydrogen-bond acceptors (Lipinski definition) is 2. The largest absolute Gasteiger partial charge is 0.398 e. The van der Waals surface area contributed by atoms with Crippen LogP contribution in [0.4, 0.5) is 11.4 Å². The summed E-state index contributed by atoms with van der Waals surface area (Å²) in [7, 11) is 0. The third-order valence-corrected chi connectivity index (χ3v) is 5.47. The van der Waals surface area contributed by atoms with Crippen molar-refractivity contribution in [1.82, 2.24) is 0 Å². The van der Waals surface area contributed by atoms with Crippen LogP contribution >= 0.6 is 0 Å². The standard InChI is InChI=1S/C27H22N3/c28-24-14-6-10-19-8-4-12-21(26(19)24)23(18-30-16-2-1-3-17-30)22-13-5-9-20-11-7-15-25(29)27(20)22/h1-18H,28-29H2/q+1. The van der Waals surface area contributed by atoms with Crippen molar-refractivity contribution in [2.45, 2.75) is 0 Å². The third kappa shape index (κ3) is 3.07. The van der Waals surface area contributed by atoms with E-state index in [0.29, 0.717) is 0 Å². The van der Waals surface area contributed by atoms with Gasteiger partial charge in [0.2, 0.25) is 0 Å². The minimum absolute atomic E-state index is 0.764. The zero-order valence-corrected chi connectivity index (χ0v) is 16.5. The van der Waals surface area contributed by atoms with Crippen LogP contribution in [0.1, 0.15) is 11.1 Å². The highest BCUT2D eigenvalue weighted by Crippen LogP contribution is 2.37. The Kier molecular flexibility index (Phi) is 4.41. The second-order valence-corrected chi connectivity index (χ2v) is 7.37. The van der Waals surface area contributed by atoms with Gasteiger partial charge in [0.05, 0.1) is 5.57 Å². The molecule has 0 saturated carbocycles. The summed E-state index contributed by atoms with van der Waals surface area (Å²) in [6, 6.07) is 30.7. The van der Waals surface area contributed by atoms with Crippen molar-refractivity contribution in [2.75, 3.05) is 11.5 Å². The smallest absolute Gasteiger partial charge is 0.182 e. The number of hydrogen-bond donors (Lipinski definition) is 2. The minimum Gasteiger partial charge on any atom is -0.398 e. The summed E-state index contributed by atoms with van der Waals surface area (Å²) in [6.07, 6.45) is 6.20. The van der Waals surface area contributed by atoms with Crippen LogP contribution in [0.25, 0.3) is 33.3 Å². The molecule has 3 nitrogen and oxygen atoms in total. The van der Waals surface area contributed by atoms with Crippen molar-refractivity contribution < 1.29 is 4.57 Å². The molecular weight excluding hydrogens is 366 g/mol. The van der Waals surface area contributed by atoms with Crippen LogP contribution < -0.4 is 16.0 Å². The highest BCUT2D eigenvalue weighted by atomic mass is 14.9. The van der Waals surface area contributed by atoms with Crippen LogP contribution in [-0.4, -0.2) is 0 Å². The lowest BCUT2D eigenvalue weighted by atomic mass is 9.89. The van der Waals surface area contributed by atoms with Gasteiger partial charge in [0.1, 0.15) is 0 Å². The predicted octanol–water partition coefficient (Wildman–Crippen LogP) is 5.49. The number of fused-ring (bicyclic) bond motifs is 2. The molecule has 0 aliphatic rings. The quantitative estimate of drug-likeness (QED) is 0.317. The minimum atomic E-state index is 0.764. The zero-order valence-electron chi connectivity index (χ0n) is 16.5. The van der Waals surface area contributed by atoms with Crippen molar-refractivity contribution in [3.8, 4) is 0 Å². The number of benzene rings is 4.